The molecule has 6 heteroatoms. The van der Waals surface area contributed by atoms with Crippen molar-refractivity contribution in [3.63, 3.8) is 0 Å². The average Bonchev–Trinajstić information content (AvgIpc) is 3.16. The fourth-order valence-corrected chi connectivity index (χ4v) is 4.76. The first-order chi connectivity index (χ1) is 17.1. The lowest BCUT2D eigenvalue weighted by molar-refractivity contribution is 0.0724. The molecule has 3 aromatic rings. The van der Waals surface area contributed by atoms with Crippen LogP contribution in [0, 0.1) is 0 Å². The van der Waals surface area contributed by atoms with E-state index in [2.05, 4.69) is 13.8 Å². The molecule has 186 valence electrons. The van der Waals surface area contributed by atoms with E-state index < -0.39 is 6.04 Å². The van der Waals surface area contributed by atoms with E-state index in [-0.39, 0.29) is 17.1 Å². The minimum Gasteiger partial charge on any atom is -0.493 e. The van der Waals surface area contributed by atoms with Crippen molar-refractivity contribution in [1.82, 2.24) is 4.90 Å². The number of ether oxygens (including phenoxy) is 2. The van der Waals surface area contributed by atoms with Crippen LogP contribution in [0.1, 0.15) is 86.5 Å². The molecule has 35 heavy (non-hydrogen) atoms. The third-order valence-corrected chi connectivity index (χ3v) is 6.63. The molecule has 1 unspecified atom stereocenters. The second-order valence-electron chi connectivity index (χ2n) is 9.10. The summed E-state index contributed by atoms with van der Waals surface area (Å²) in [5.41, 5.74) is 1.49. The zero-order chi connectivity index (χ0) is 24.8. The third kappa shape index (κ3) is 5.07. The van der Waals surface area contributed by atoms with Crippen molar-refractivity contribution in [2.45, 2.75) is 64.8 Å². The Balaban J connectivity index is 1.72. The van der Waals surface area contributed by atoms with Crippen molar-refractivity contribution < 1.29 is 18.7 Å². The van der Waals surface area contributed by atoms with Gasteiger partial charge in [0.05, 0.1) is 30.7 Å². The Morgan fingerprint density at radius 2 is 1.69 bits per heavy atom. The first-order valence-electron chi connectivity index (χ1n) is 12.8. The van der Waals surface area contributed by atoms with Crippen LogP contribution < -0.4 is 14.9 Å². The number of benzene rings is 2. The fourth-order valence-electron chi connectivity index (χ4n) is 4.76. The molecular formula is C29H35NO5. The Hall–Kier alpha value is -3.28. The van der Waals surface area contributed by atoms with E-state index in [0.717, 1.165) is 37.7 Å². The van der Waals surface area contributed by atoms with Crippen molar-refractivity contribution in [2.75, 3.05) is 20.3 Å². The molecule has 0 aliphatic carbocycles. The molecule has 0 spiro atoms. The Morgan fingerprint density at radius 3 is 2.46 bits per heavy atom. The van der Waals surface area contributed by atoms with E-state index in [4.69, 9.17) is 13.9 Å². The second kappa shape index (κ2) is 11.4. The summed E-state index contributed by atoms with van der Waals surface area (Å²) in [5.74, 6) is 1.17. The molecule has 6 nitrogen and oxygen atoms in total. The summed E-state index contributed by atoms with van der Waals surface area (Å²) in [6.45, 7) is 5.49. The predicted molar refractivity (Wildman–Crippen MR) is 138 cm³/mol. The van der Waals surface area contributed by atoms with E-state index in [9.17, 15) is 9.59 Å². The summed E-state index contributed by atoms with van der Waals surface area (Å²) in [6, 6.07) is 12.3. The number of hydrogen-bond acceptors (Lipinski definition) is 5. The van der Waals surface area contributed by atoms with Gasteiger partial charge in [-0.3, -0.25) is 9.59 Å². The number of nitrogens with zero attached hydrogens (tertiary/aromatic N) is 1. The smallest absolute Gasteiger partial charge is 0.290 e. The van der Waals surface area contributed by atoms with Crippen LogP contribution in [0.5, 0.6) is 11.5 Å². The highest BCUT2D eigenvalue weighted by Gasteiger charge is 2.42. The normalized spacial score (nSPS) is 15.0. The van der Waals surface area contributed by atoms with Crippen LogP contribution in [0.25, 0.3) is 11.0 Å². The Kier molecular flexibility index (Phi) is 8.11. The number of hydrogen-bond donors (Lipinski definition) is 0. The molecular weight excluding hydrogens is 442 g/mol. The predicted octanol–water partition coefficient (Wildman–Crippen LogP) is 6.50. The molecule has 2 heterocycles. The van der Waals surface area contributed by atoms with Crippen LogP contribution in [0.15, 0.2) is 51.7 Å². The summed E-state index contributed by atoms with van der Waals surface area (Å²) in [6.07, 6.45) is 7.40. The number of carbonyl (C=O) groups excluding carboxylic acids is 1. The standard InChI is InChI=1S/C29H35NO5/c1-4-6-8-12-18-34-23-16-15-20(19-24(23)33-3)26-25-27(31)21-13-9-10-14-22(21)35-28(25)29(32)30(26)17-11-7-5-2/h9-10,13-16,19,26H,4-8,11-12,17-18H2,1-3H3. The van der Waals surface area contributed by atoms with E-state index in [0.29, 0.717) is 41.2 Å². The quantitative estimate of drug-likeness (QED) is 0.279. The van der Waals surface area contributed by atoms with Gasteiger partial charge in [0, 0.05) is 6.54 Å². The van der Waals surface area contributed by atoms with Crippen molar-refractivity contribution in [1.29, 1.82) is 0 Å². The van der Waals surface area contributed by atoms with Gasteiger partial charge in [-0.2, -0.15) is 0 Å². The first kappa shape index (κ1) is 24.8. The molecule has 1 aliphatic rings. The number of para-hydroxylation sites is 1. The van der Waals surface area contributed by atoms with Gasteiger partial charge in [0.15, 0.2) is 16.9 Å². The van der Waals surface area contributed by atoms with Gasteiger partial charge >= 0.3 is 0 Å². The Labute approximate surface area is 206 Å². The minimum atomic E-state index is -0.525. The maximum absolute atomic E-state index is 13.6. The maximum Gasteiger partial charge on any atom is 0.290 e. The molecule has 0 N–H and O–H groups in total. The lowest BCUT2D eigenvalue weighted by Crippen LogP contribution is -2.30. The average molecular weight is 478 g/mol. The second-order valence-corrected chi connectivity index (χ2v) is 9.10. The third-order valence-electron chi connectivity index (χ3n) is 6.63. The van der Waals surface area contributed by atoms with Crippen LogP contribution in [0.3, 0.4) is 0 Å². The van der Waals surface area contributed by atoms with Gasteiger partial charge in [0.25, 0.3) is 5.91 Å². The topological polar surface area (TPSA) is 69.0 Å². The van der Waals surface area contributed by atoms with Crippen LogP contribution >= 0.6 is 0 Å². The molecule has 0 radical (unpaired) electrons. The molecule has 4 rings (SSSR count). The summed E-state index contributed by atoms with van der Waals surface area (Å²) in [7, 11) is 1.61. The van der Waals surface area contributed by atoms with Crippen LogP contribution in [-0.2, 0) is 0 Å². The minimum absolute atomic E-state index is 0.144. The lowest BCUT2D eigenvalue weighted by atomic mass is 9.98. The zero-order valence-corrected chi connectivity index (χ0v) is 21.0. The van der Waals surface area contributed by atoms with Crippen molar-refractivity contribution >= 4 is 16.9 Å². The molecule has 2 aromatic carbocycles. The van der Waals surface area contributed by atoms with Crippen LogP contribution in [0.4, 0.5) is 0 Å². The number of carbonyl (C=O) groups is 1. The number of rotatable bonds is 12. The zero-order valence-electron chi connectivity index (χ0n) is 21.0. The first-order valence-corrected chi connectivity index (χ1v) is 12.8. The van der Waals surface area contributed by atoms with Gasteiger partial charge in [-0.25, -0.2) is 0 Å². The highest BCUT2D eigenvalue weighted by atomic mass is 16.5. The lowest BCUT2D eigenvalue weighted by Gasteiger charge is -2.25. The number of fused-ring (bicyclic) bond motifs is 2. The van der Waals surface area contributed by atoms with Gasteiger partial charge in [-0.05, 0) is 42.7 Å². The summed E-state index contributed by atoms with van der Waals surface area (Å²) in [4.78, 5) is 28.8. The van der Waals surface area contributed by atoms with Crippen LogP contribution in [-0.4, -0.2) is 31.1 Å². The largest absolute Gasteiger partial charge is 0.493 e. The van der Waals surface area contributed by atoms with E-state index in [1.54, 1.807) is 30.2 Å². The Bertz CT molecular complexity index is 1230. The molecule has 0 saturated heterocycles. The van der Waals surface area contributed by atoms with Crippen molar-refractivity contribution in [3.05, 3.63) is 69.6 Å². The molecule has 0 bridgehead atoms. The van der Waals surface area contributed by atoms with Gasteiger partial charge in [-0.1, -0.05) is 64.2 Å². The molecule has 1 atom stereocenters. The number of methoxy groups -OCH3 is 1. The molecule has 0 saturated carbocycles. The highest BCUT2D eigenvalue weighted by molar-refractivity contribution is 5.99. The monoisotopic (exact) mass is 477 g/mol. The van der Waals surface area contributed by atoms with Gasteiger partial charge in [-0.15, -0.1) is 0 Å². The molecule has 1 aromatic heterocycles. The SMILES string of the molecule is CCCCCCOc1ccc(C2c3c(oc4ccccc4c3=O)C(=O)N2CCCCC)cc1OC. The van der Waals surface area contributed by atoms with Gasteiger partial charge in [0.1, 0.15) is 5.58 Å². The Morgan fingerprint density at radius 1 is 0.914 bits per heavy atom. The van der Waals surface area contributed by atoms with Gasteiger partial charge < -0.3 is 18.8 Å². The van der Waals surface area contributed by atoms with E-state index in [1.165, 1.54) is 12.8 Å². The van der Waals surface area contributed by atoms with Crippen molar-refractivity contribution in [2.24, 2.45) is 0 Å². The molecule has 0 fully saturated rings. The van der Waals surface area contributed by atoms with Crippen molar-refractivity contribution in [3.8, 4) is 11.5 Å². The molecule has 1 amide bonds. The summed E-state index contributed by atoms with van der Waals surface area (Å²) < 4.78 is 17.6. The number of amides is 1. The molecule has 1 aliphatic heterocycles. The van der Waals surface area contributed by atoms with Gasteiger partial charge in [0.2, 0.25) is 5.76 Å². The van der Waals surface area contributed by atoms with E-state index >= 15 is 0 Å². The van der Waals surface area contributed by atoms with E-state index in [1.807, 2.05) is 24.3 Å². The summed E-state index contributed by atoms with van der Waals surface area (Å²) >= 11 is 0. The number of unbranched alkanes of at least 4 members (excludes halogenated alkanes) is 5. The summed E-state index contributed by atoms with van der Waals surface area (Å²) in [5, 5.41) is 0.485. The maximum atomic E-state index is 13.6. The van der Waals surface area contributed by atoms with Crippen LogP contribution in [0.2, 0.25) is 0 Å². The fraction of sp³-hybridized carbons (Fsp3) is 0.448. The highest BCUT2D eigenvalue weighted by Crippen LogP contribution is 2.41.